The third-order valence-corrected chi connectivity index (χ3v) is 4.57. The van der Waals surface area contributed by atoms with Gasteiger partial charge in [-0.15, -0.1) is 0 Å². The van der Waals surface area contributed by atoms with Crippen molar-refractivity contribution in [2.24, 2.45) is 0 Å². The molecule has 1 atom stereocenters. The minimum Gasteiger partial charge on any atom is -0.497 e. The maximum atomic E-state index is 10.9. The van der Waals surface area contributed by atoms with Crippen molar-refractivity contribution in [3.05, 3.63) is 42.0 Å². The summed E-state index contributed by atoms with van der Waals surface area (Å²) >= 11 is 0. The van der Waals surface area contributed by atoms with Gasteiger partial charge < -0.3 is 20.3 Å². The molecule has 0 aromatic heterocycles. The first kappa shape index (κ1) is 20.2. The van der Waals surface area contributed by atoms with Crippen LogP contribution in [0.25, 0.3) is 10.8 Å². The number of hydrogen-bond acceptors (Lipinski definition) is 5. The Kier molecular flexibility index (Phi) is 7.84. The minimum atomic E-state index is -0.808. The van der Waals surface area contributed by atoms with Crippen molar-refractivity contribution in [3.63, 3.8) is 0 Å². The third kappa shape index (κ3) is 5.69. The first-order chi connectivity index (χ1) is 12.5. The summed E-state index contributed by atoms with van der Waals surface area (Å²) in [5.41, 5.74) is 0.815. The van der Waals surface area contributed by atoms with Gasteiger partial charge >= 0.3 is 5.97 Å². The molecule has 1 saturated heterocycles. The van der Waals surface area contributed by atoms with Crippen molar-refractivity contribution >= 4 is 16.7 Å². The predicted octanol–water partition coefficient (Wildman–Crippen LogP) is 1.92. The second kappa shape index (κ2) is 10.1. The number of carboxylic acids is 1. The molecule has 0 bridgehead atoms. The summed E-state index contributed by atoms with van der Waals surface area (Å²) in [4.78, 5) is 13.2. The summed E-state index contributed by atoms with van der Waals surface area (Å²) in [6, 6.07) is 11.4. The first-order valence-electron chi connectivity index (χ1n) is 8.89. The van der Waals surface area contributed by atoms with Crippen LogP contribution in [-0.4, -0.2) is 67.5 Å². The molecule has 1 aliphatic heterocycles. The Hall–Kier alpha value is -2.15. The highest BCUT2D eigenvalue weighted by Crippen LogP contribution is 2.25. The largest absolute Gasteiger partial charge is 0.497 e. The van der Waals surface area contributed by atoms with E-state index in [0.29, 0.717) is 6.61 Å². The third-order valence-electron chi connectivity index (χ3n) is 4.57. The molecule has 0 aliphatic carbocycles. The molecule has 1 heterocycles. The van der Waals surface area contributed by atoms with E-state index in [9.17, 15) is 4.79 Å². The van der Waals surface area contributed by atoms with Crippen LogP contribution in [0.5, 0.6) is 5.75 Å². The van der Waals surface area contributed by atoms with Crippen LogP contribution in [0, 0.1) is 0 Å². The highest BCUT2D eigenvalue weighted by atomic mass is 16.5. The van der Waals surface area contributed by atoms with Gasteiger partial charge in [0.1, 0.15) is 5.75 Å². The molecule has 2 aromatic carbocycles. The van der Waals surface area contributed by atoms with Crippen molar-refractivity contribution in [2.75, 3.05) is 46.4 Å². The second-order valence-corrected chi connectivity index (χ2v) is 6.35. The Morgan fingerprint density at radius 1 is 1.19 bits per heavy atom. The molecule has 142 valence electrons. The van der Waals surface area contributed by atoms with Gasteiger partial charge in [0.05, 0.1) is 19.6 Å². The Balaban J connectivity index is 0.000000228. The number of aliphatic hydroxyl groups is 1. The van der Waals surface area contributed by atoms with Crippen molar-refractivity contribution in [1.82, 2.24) is 10.2 Å². The van der Waals surface area contributed by atoms with Crippen molar-refractivity contribution in [2.45, 2.75) is 12.8 Å². The zero-order chi connectivity index (χ0) is 18.9. The predicted molar refractivity (Wildman–Crippen MR) is 103 cm³/mol. The highest BCUT2D eigenvalue weighted by Gasteiger charge is 2.13. The molecule has 1 aliphatic rings. The Morgan fingerprint density at radius 2 is 1.85 bits per heavy atom. The topological polar surface area (TPSA) is 82.0 Å². The lowest BCUT2D eigenvalue weighted by atomic mass is 9.98. The van der Waals surface area contributed by atoms with Crippen LogP contribution in [0.1, 0.15) is 18.4 Å². The van der Waals surface area contributed by atoms with Crippen LogP contribution in [0.3, 0.4) is 0 Å². The fourth-order valence-electron chi connectivity index (χ4n) is 2.86. The van der Waals surface area contributed by atoms with Crippen molar-refractivity contribution in [1.29, 1.82) is 0 Å². The lowest BCUT2D eigenvalue weighted by Gasteiger charge is -2.25. The first-order valence-corrected chi connectivity index (χ1v) is 8.89. The fraction of sp³-hybridized carbons (Fsp3) is 0.450. The van der Waals surface area contributed by atoms with E-state index < -0.39 is 11.9 Å². The molecule has 6 nitrogen and oxygen atoms in total. The Bertz CT molecular complexity index is 711. The van der Waals surface area contributed by atoms with Gasteiger partial charge in [-0.2, -0.15) is 0 Å². The number of piperazine rings is 1. The Morgan fingerprint density at radius 3 is 2.46 bits per heavy atom. The number of carboxylic acid groups (broad SMARTS) is 1. The molecule has 1 fully saturated rings. The van der Waals surface area contributed by atoms with Crippen molar-refractivity contribution in [3.8, 4) is 5.75 Å². The summed E-state index contributed by atoms with van der Waals surface area (Å²) in [6.45, 7) is 7.12. The number of aliphatic hydroxyl groups excluding tert-OH is 1. The SMILES string of the molecule is COc1ccc2cc(C(C)C(=O)O)ccc2c1.OCCN1CCNCC1. The van der Waals surface area contributed by atoms with Crippen LogP contribution in [0.15, 0.2) is 36.4 Å². The molecule has 26 heavy (non-hydrogen) atoms. The van der Waals surface area contributed by atoms with E-state index in [2.05, 4.69) is 10.2 Å². The van der Waals surface area contributed by atoms with Crippen molar-refractivity contribution < 1.29 is 19.7 Å². The van der Waals surface area contributed by atoms with Crippen LogP contribution >= 0.6 is 0 Å². The van der Waals surface area contributed by atoms with E-state index in [0.717, 1.165) is 54.8 Å². The number of nitrogens with one attached hydrogen (secondary N) is 1. The second-order valence-electron chi connectivity index (χ2n) is 6.35. The standard InChI is InChI=1S/C14H14O3.C6H14N2O/c1-9(14(15)16)10-3-4-12-8-13(17-2)6-5-11(12)7-10;9-6-5-8-3-1-7-2-4-8/h3-9H,1-2H3,(H,15,16);7,9H,1-6H2. The van der Waals surface area contributed by atoms with E-state index in [-0.39, 0.29) is 0 Å². The summed E-state index contributed by atoms with van der Waals surface area (Å²) in [7, 11) is 1.63. The summed E-state index contributed by atoms with van der Waals surface area (Å²) in [5.74, 6) is -0.490. The number of aliphatic carboxylic acids is 1. The molecule has 2 aromatic rings. The van der Waals surface area contributed by atoms with Gasteiger partial charge in [-0.05, 0) is 35.4 Å². The number of carbonyl (C=O) groups is 1. The monoisotopic (exact) mass is 360 g/mol. The Labute approximate surface area is 154 Å². The number of β-amino-alcohol motifs (C(OH)–C–C–N with tert-alkyl or cyclic N) is 1. The number of rotatable bonds is 5. The molecule has 1 unspecified atom stereocenters. The lowest BCUT2D eigenvalue weighted by Crippen LogP contribution is -2.44. The van der Waals surface area contributed by atoms with Gasteiger partial charge in [0, 0.05) is 32.7 Å². The van der Waals surface area contributed by atoms with Gasteiger partial charge in [-0.1, -0.05) is 24.3 Å². The number of hydrogen-bond donors (Lipinski definition) is 3. The maximum absolute atomic E-state index is 10.9. The normalized spacial score (nSPS) is 15.8. The average molecular weight is 360 g/mol. The zero-order valence-electron chi connectivity index (χ0n) is 15.4. The number of fused-ring (bicyclic) bond motifs is 1. The van der Waals surface area contributed by atoms with Gasteiger partial charge in [0.15, 0.2) is 0 Å². The number of ether oxygens (including phenoxy) is 1. The molecular weight excluding hydrogens is 332 g/mol. The quantitative estimate of drug-likeness (QED) is 0.756. The summed E-state index contributed by atoms with van der Waals surface area (Å²) < 4.78 is 5.14. The van der Waals surface area contributed by atoms with Crippen LogP contribution in [0.2, 0.25) is 0 Å². The van der Waals surface area contributed by atoms with E-state index >= 15 is 0 Å². The summed E-state index contributed by atoms with van der Waals surface area (Å²) in [5, 5.41) is 22.8. The molecule has 0 radical (unpaired) electrons. The number of nitrogens with zero attached hydrogens (tertiary/aromatic N) is 1. The maximum Gasteiger partial charge on any atom is 0.310 e. The smallest absolute Gasteiger partial charge is 0.310 e. The number of methoxy groups -OCH3 is 1. The minimum absolute atomic E-state index is 0.292. The molecule has 0 amide bonds. The van der Waals surface area contributed by atoms with E-state index in [4.69, 9.17) is 14.9 Å². The molecule has 0 saturated carbocycles. The molecule has 3 N–H and O–H groups in total. The van der Waals surface area contributed by atoms with Crippen LogP contribution in [0.4, 0.5) is 0 Å². The molecule has 6 heteroatoms. The molecular formula is C20H28N2O4. The van der Waals surface area contributed by atoms with Gasteiger partial charge in [0.25, 0.3) is 0 Å². The van der Waals surface area contributed by atoms with Gasteiger partial charge in [-0.25, -0.2) is 0 Å². The lowest BCUT2D eigenvalue weighted by molar-refractivity contribution is -0.138. The molecule has 3 rings (SSSR count). The van der Waals surface area contributed by atoms with E-state index in [1.807, 2.05) is 36.4 Å². The van der Waals surface area contributed by atoms with Crippen LogP contribution in [-0.2, 0) is 4.79 Å². The van der Waals surface area contributed by atoms with Gasteiger partial charge in [0.2, 0.25) is 0 Å². The summed E-state index contributed by atoms with van der Waals surface area (Å²) in [6.07, 6.45) is 0. The van der Waals surface area contributed by atoms with E-state index in [1.165, 1.54) is 0 Å². The fourth-order valence-corrected chi connectivity index (χ4v) is 2.86. The molecule has 0 spiro atoms. The average Bonchev–Trinajstić information content (AvgIpc) is 2.68. The highest BCUT2D eigenvalue weighted by molar-refractivity contribution is 5.86. The van der Waals surface area contributed by atoms with Gasteiger partial charge in [-0.3, -0.25) is 9.69 Å². The van der Waals surface area contributed by atoms with Crippen LogP contribution < -0.4 is 10.1 Å². The zero-order valence-corrected chi connectivity index (χ0v) is 15.4. The van der Waals surface area contributed by atoms with E-state index in [1.54, 1.807) is 14.0 Å². The number of benzene rings is 2.